The topological polar surface area (TPSA) is 29.5 Å². The van der Waals surface area contributed by atoms with Crippen LogP contribution in [0, 0.1) is 5.41 Å². The summed E-state index contributed by atoms with van der Waals surface area (Å²) in [6.45, 7) is 14.1. The smallest absolute Gasteiger partial charge is 0.178 e. The normalized spacial score (nSPS) is 28.7. The molecule has 0 aliphatic carbocycles. The molecule has 3 heteroatoms. The number of nitrogens with zero attached hydrogens (tertiary/aromatic N) is 1. The van der Waals surface area contributed by atoms with Gasteiger partial charge in [0.25, 0.3) is 0 Å². The van der Waals surface area contributed by atoms with Crippen LogP contribution in [-0.2, 0) is 11.0 Å². The largest absolute Gasteiger partial charge is 0.460 e. The standard InChI is InChI=1S/C22H25NO2/c1-13-18-17(19-16(25-18)11-12-24-19)22(6)21(4,5)20(2,3)14-9-7-8-10-15(14)23(13)22/h7-13H,1-6H3. The SMILES string of the molecule is CC1c2oc3ccoc3c2C2(C)N1c1ccccc1C(C)(C)C2(C)C. The van der Waals surface area contributed by atoms with Crippen LogP contribution in [0.25, 0.3) is 11.2 Å². The minimum atomic E-state index is -0.206. The first kappa shape index (κ1) is 15.1. The fourth-order valence-corrected chi connectivity index (χ4v) is 5.44. The summed E-state index contributed by atoms with van der Waals surface area (Å²) in [6.07, 6.45) is 1.74. The van der Waals surface area contributed by atoms with Crippen LogP contribution in [0.4, 0.5) is 5.69 Å². The van der Waals surface area contributed by atoms with E-state index in [4.69, 9.17) is 8.83 Å². The summed E-state index contributed by atoms with van der Waals surface area (Å²) in [5.41, 5.74) is 5.50. The average molecular weight is 335 g/mol. The highest BCUT2D eigenvalue weighted by molar-refractivity contribution is 5.83. The third kappa shape index (κ3) is 1.38. The van der Waals surface area contributed by atoms with Gasteiger partial charge in [0.05, 0.1) is 23.4 Å². The number of anilines is 1. The zero-order valence-electron chi connectivity index (χ0n) is 15.8. The first-order valence-corrected chi connectivity index (χ1v) is 9.12. The number of hydrogen-bond donors (Lipinski definition) is 0. The number of furan rings is 2. The molecule has 0 spiro atoms. The van der Waals surface area contributed by atoms with Crippen LogP contribution in [0.2, 0.25) is 0 Å². The Morgan fingerprint density at radius 2 is 1.72 bits per heavy atom. The van der Waals surface area contributed by atoms with Gasteiger partial charge in [-0.05, 0) is 30.9 Å². The van der Waals surface area contributed by atoms with Gasteiger partial charge in [-0.2, -0.15) is 0 Å². The molecule has 2 aliphatic heterocycles. The van der Waals surface area contributed by atoms with Gasteiger partial charge in [-0.15, -0.1) is 0 Å². The molecule has 5 rings (SSSR count). The maximum atomic E-state index is 6.26. The van der Waals surface area contributed by atoms with Crippen molar-refractivity contribution in [3.8, 4) is 0 Å². The van der Waals surface area contributed by atoms with Crippen LogP contribution >= 0.6 is 0 Å². The Hall–Kier alpha value is -2.16. The number of benzene rings is 1. The molecule has 3 nitrogen and oxygen atoms in total. The van der Waals surface area contributed by atoms with E-state index in [9.17, 15) is 0 Å². The first-order chi connectivity index (χ1) is 11.7. The molecule has 0 saturated heterocycles. The molecule has 3 aromatic rings. The van der Waals surface area contributed by atoms with Gasteiger partial charge in [0, 0.05) is 17.2 Å². The third-order valence-corrected chi connectivity index (χ3v) is 7.67. The van der Waals surface area contributed by atoms with E-state index >= 15 is 0 Å². The van der Waals surface area contributed by atoms with E-state index in [1.165, 1.54) is 16.8 Å². The monoisotopic (exact) mass is 335 g/mol. The van der Waals surface area contributed by atoms with Crippen molar-refractivity contribution in [1.29, 1.82) is 0 Å². The fraction of sp³-hybridized carbons (Fsp3) is 0.455. The van der Waals surface area contributed by atoms with Gasteiger partial charge in [0.2, 0.25) is 0 Å². The van der Waals surface area contributed by atoms with Crippen LogP contribution in [0.5, 0.6) is 0 Å². The quantitative estimate of drug-likeness (QED) is 0.494. The van der Waals surface area contributed by atoms with Crippen molar-refractivity contribution < 1.29 is 8.83 Å². The van der Waals surface area contributed by atoms with E-state index in [0.717, 1.165) is 16.9 Å². The van der Waals surface area contributed by atoms with Crippen molar-refractivity contribution in [3.05, 3.63) is 53.5 Å². The van der Waals surface area contributed by atoms with Crippen LogP contribution in [0.15, 0.2) is 45.4 Å². The molecule has 0 saturated carbocycles. The molecule has 0 amide bonds. The summed E-state index contributed by atoms with van der Waals surface area (Å²) < 4.78 is 12.2. The van der Waals surface area contributed by atoms with E-state index in [1.807, 2.05) is 6.07 Å². The molecule has 0 N–H and O–H groups in total. The van der Waals surface area contributed by atoms with Crippen molar-refractivity contribution >= 4 is 16.9 Å². The van der Waals surface area contributed by atoms with Gasteiger partial charge in [-0.25, -0.2) is 0 Å². The Morgan fingerprint density at radius 1 is 1.00 bits per heavy atom. The predicted molar refractivity (Wildman–Crippen MR) is 100.0 cm³/mol. The van der Waals surface area contributed by atoms with E-state index in [2.05, 4.69) is 70.7 Å². The van der Waals surface area contributed by atoms with Crippen molar-refractivity contribution in [2.24, 2.45) is 5.41 Å². The predicted octanol–water partition coefficient (Wildman–Crippen LogP) is 6.14. The zero-order valence-corrected chi connectivity index (χ0v) is 15.8. The zero-order chi connectivity index (χ0) is 17.8. The second-order valence-electron chi connectivity index (χ2n) is 8.84. The van der Waals surface area contributed by atoms with E-state index in [1.54, 1.807) is 6.26 Å². The minimum absolute atomic E-state index is 0.00631. The maximum absolute atomic E-state index is 6.26. The Morgan fingerprint density at radius 3 is 2.48 bits per heavy atom. The number of para-hydroxylation sites is 1. The molecular formula is C22H25NO2. The lowest BCUT2D eigenvalue weighted by Crippen LogP contribution is -2.61. The van der Waals surface area contributed by atoms with Crippen LogP contribution in [-0.4, -0.2) is 0 Å². The molecule has 0 bridgehead atoms. The second-order valence-corrected chi connectivity index (χ2v) is 8.84. The first-order valence-electron chi connectivity index (χ1n) is 9.12. The third-order valence-electron chi connectivity index (χ3n) is 7.67. The minimum Gasteiger partial charge on any atom is -0.460 e. The average Bonchev–Trinajstić information content (AvgIpc) is 3.19. The molecule has 25 heavy (non-hydrogen) atoms. The van der Waals surface area contributed by atoms with Crippen LogP contribution in [0.1, 0.15) is 64.5 Å². The Labute approximate surface area is 148 Å². The van der Waals surface area contributed by atoms with E-state index in [-0.39, 0.29) is 22.4 Å². The lowest BCUT2D eigenvalue weighted by atomic mass is 9.51. The summed E-state index contributed by atoms with van der Waals surface area (Å²) in [5, 5.41) is 0. The van der Waals surface area contributed by atoms with Crippen molar-refractivity contribution in [3.63, 3.8) is 0 Å². The molecule has 4 heterocycles. The molecule has 2 aliphatic rings. The fourth-order valence-electron chi connectivity index (χ4n) is 5.44. The molecule has 2 aromatic heterocycles. The number of rotatable bonds is 0. The van der Waals surface area contributed by atoms with Crippen LogP contribution in [0.3, 0.4) is 0 Å². The molecule has 2 unspecified atom stereocenters. The molecule has 0 fully saturated rings. The molecule has 2 atom stereocenters. The molecule has 0 radical (unpaired) electrons. The van der Waals surface area contributed by atoms with Gasteiger partial charge in [-0.1, -0.05) is 45.9 Å². The summed E-state index contributed by atoms with van der Waals surface area (Å²) in [6, 6.07) is 11.0. The highest BCUT2D eigenvalue weighted by Gasteiger charge is 2.65. The lowest BCUT2D eigenvalue weighted by molar-refractivity contribution is 0.0656. The van der Waals surface area contributed by atoms with Gasteiger partial charge >= 0.3 is 0 Å². The summed E-state index contributed by atoms with van der Waals surface area (Å²) in [7, 11) is 0. The highest BCUT2D eigenvalue weighted by Crippen LogP contribution is 2.68. The van der Waals surface area contributed by atoms with Gasteiger partial charge in [0.15, 0.2) is 11.2 Å². The van der Waals surface area contributed by atoms with Crippen molar-refractivity contribution in [1.82, 2.24) is 0 Å². The van der Waals surface area contributed by atoms with Crippen LogP contribution < -0.4 is 4.90 Å². The number of hydrogen-bond acceptors (Lipinski definition) is 3. The van der Waals surface area contributed by atoms with Gasteiger partial charge in [0.1, 0.15) is 5.76 Å². The molecular weight excluding hydrogens is 310 g/mol. The Balaban J connectivity index is 1.93. The summed E-state index contributed by atoms with van der Waals surface area (Å²) in [5.74, 6) is 1.05. The second kappa shape index (κ2) is 4.14. The maximum Gasteiger partial charge on any atom is 0.178 e. The van der Waals surface area contributed by atoms with E-state index in [0.29, 0.717) is 0 Å². The molecule has 130 valence electrons. The lowest BCUT2D eigenvalue weighted by Gasteiger charge is -2.61. The van der Waals surface area contributed by atoms with Gasteiger partial charge < -0.3 is 13.7 Å². The Bertz CT molecular complexity index is 1010. The highest BCUT2D eigenvalue weighted by atomic mass is 16.4. The molecule has 1 aromatic carbocycles. The van der Waals surface area contributed by atoms with Crippen molar-refractivity contribution in [2.75, 3.05) is 4.90 Å². The van der Waals surface area contributed by atoms with Gasteiger partial charge in [-0.3, -0.25) is 0 Å². The Kier molecular flexibility index (Phi) is 2.51. The summed E-state index contributed by atoms with van der Waals surface area (Å²) in [4.78, 5) is 2.56. The summed E-state index contributed by atoms with van der Waals surface area (Å²) >= 11 is 0. The van der Waals surface area contributed by atoms with E-state index < -0.39 is 0 Å². The number of fused-ring (bicyclic) bond motifs is 7. The van der Waals surface area contributed by atoms with Crippen molar-refractivity contribution in [2.45, 2.75) is 58.5 Å².